The van der Waals surface area contributed by atoms with Gasteiger partial charge in [0.25, 0.3) is 0 Å². The average Bonchev–Trinajstić information content (AvgIpc) is 2.25. The molecule has 1 amide bonds. The van der Waals surface area contributed by atoms with E-state index in [1.807, 2.05) is 19.0 Å². The molecule has 4 nitrogen and oxygen atoms in total. The van der Waals surface area contributed by atoms with E-state index in [0.29, 0.717) is 13.1 Å². The smallest absolute Gasteiger partial charge is 0.239 e. The van der Waals surface area contributed by atoms with Crippen LogP contribution in [0.5, 0.6) is 0 Å². The molecule has 18 heavy (non-hydrogen) atoms. The second kappa shape index (κ2) is 6.68. The fourth-order valence-corrected chi connectivity index (χ4v) is 1.84. The summed E-state index contributed by atoms with van der Waals surface area (Å²) in [5.41, 5.74) is 5.39. The van der Waals surface area contributed by atoms with Crippen LogP contribution in [0.2, 0.25) is 5.02 Å². The summed E-state index contributed by atoms with van der Waals surface area (Å²) < 4.78 is 13.7. The van der Waals surface area contributed by atoms with Crippen LogP contribution in [0.1, 0.15) is 11.6 Å². The summed E-state index contributed by atoms with van der Waals surface area (Å²) in [6.45, 7) is 1.21. The molecule has 1 rings (SSSR count). The highest BCUT2D eigenvalue weighted by atomic mass is 35.5. The van der Waals surface area contributed by atoms with Crippen LogP contribution in [-0.4, -0.2) is 38.0 Å². The first-order valence-corrected chi connectivity index (χ1v) is 5.92. The van der Waals surface area contributed by atoms with Crippen molar-refractivity contribution in [1.29, 1.82) is 0 Å². The van der Waals surface area contributed by atoms with E-state index in [2.05, 4.69) is 5.32 Å². The van der Waals surface area contributed by atoms with Gasteiger partial charge in [0, 0.05) is 23.7 Å². The van der Waals surface area contributed by atoms with Crippen LogP contribution in [0, 0.1) is 5.82 Å². The number of halogens is 2. The van der Waals surface area contributed by atoms with Crippen molar-refractivity contribution in [2.24, 2.45) is 5.73 Å². The number of nitrogens with one attached hydrogen (secondary N) is 1. The lowest BCUT2D eigenvalue weighted by molar-refractivity contribution is -0.120. The number of carbonyl (C=O) groups excluding carboxylic acids is 1. The van der Waals surface area contributed by atoms with Crippen molar-refractivity contribution in [2.45, 2.75) is 6.04 Å². The van der Waals surface area contributed by atoms with Crippen molar-refractivity contribution in [3.05, 3.63) is 34.6 Å². The maximum Gasteiger partial charge on any atom is 0.239 e. The number of nitrogens with two attached hydrogens (primary N) is 1. The van der Waals surface area contributed by atoms with Crippen LogP contribution in [0.25, 0.3) is 0 Å². The van der Waals surface area contributed by atoms with Crippen LogP contribution in [-0.2, 0) is 4.79 Å². The van der Waals surface area contributed by atoms with Gasteiger partial charge in [-0.3, -0.25) is 4.79 Å². The Labute approximate surface area is 111 Å². The molecule has 0 aliphatic heterocycles. The molecule has 0 fully saturated rings. The normalized spacial score (nSPS) is 12.7. The number of nitrogens with zero attached hydrogens (tertiary/aromatic N) is 1. The summed E-state index contributed by atoms with van der Waals surface area (Å²) >= 11 is 5.91. The third kappa shape index (κ3) is 3.94. The van der Waals surface area contributed by atoms with Gasteiger partial charge in [0.15, 0.2) is 0 Å². The monoisotopic (exact) mass is 273 g/mol. The van der Waals surface area contributed by atoms with E-state index in [-0.39, 0.29) is 10.6 Å². The van der Waals surface area contributed by atoms with Crippen molar-refractivity contribution in [3.8, 4) is 0 Å². The van der Waals surface area contributed by atoms with Crippen LogP contribution >= 0.6 is 11.6 Å². The van der Waals surface area contributed by atoms with E-state index in [4.69, 9.17) is 17.3 Å². The Bertz CT molecular complexity index is 406. The van der Waals surface area contributed by atoms with Crippen LogP contribution in [0.15, 0.2) is 18.2 Å². The molecule has 3 N–H and O–H groups in total. The Morgan fingerprint density at radius 1 is 1.56 bits per heavy atom. The van der Waals surface area contributed by atoms with E-state index in [1.165, 1.54) is 18.2 Å². The number of rotatable bonds is 6. The molecule has 1 aromatic rings. The van der Waals surface area contributed by atoms with Crippen molar-refractivity contribution in [1.82, 2.24) is 10.2 Å². The number of carbonyl (C=O) groups is 1. The van der Waals surface area contributed by atoms with Crippen LogP contribution in [0.3, 0.4) is 0 Å². The quantitative estimate of drug-likeness (QED) is 0.818. The summed E-state index contributed by atoms with van der Waals surface area (Å²) in [6, 6.07) is 3.35. The minimum atomic E-state index is -0.918. The highest BCUT2D eigenvalue weighted by molar-refractivity contribution is 6.31. The number of primary amides is 1. The van der Waals surface area contributed by atoms with E-state index >= 15 is 0 Å². The van der Waals surface area contributed by atoms with Gasteiger partial charge in [-0.1, -0.05) is 17.7 Å². The first kappa shape index (κ1) is 14.9. The molecule has 0 heterocycles. The molecule has 1 aromatic carbocycles. The van der Waals surface area contributed by atoms with E-state index in [9.17, 15) is 9.18 Å². The largest absolute Gasteiger partial charge is 0.368 e. The summed E-state index contributed by atoms with van der Waals surface area (Å²) in [7, 11) is 3.80. The molecule has 0 saturated heterocycles. The van der Waals surface area contributed by atoms with Gasteiger partial charge in [-0.2, -0.15) is 0 Å². The van der Waals surface area contributed by atoms with E-state index < -0.39 is 17.8 Å². The topological polar surface area (TPSA) is 58.4 Å². The Morgan fingerprint density at radius 2 is 2.22 bits per heavy atom. The van der Waals surface area contributed by atoms with Gasteiger partial charge < -0.3 is 16.0 Å². The zero-order chi connectivity index (χ0) is 13.7. The fraction of sp³-hybridized carbons (Fsp3) is 0.417. The standard InChI is InChI=1S/C12H17ClFN3O/c1-17(2)7-6-16-11(12(15)18)10-8(13)4-3-5-9(10)14/h3-5,11,16H,6-7H2,1-2H3,(H2,15,18). The predicted octanol–water partition coefficient (Wildman–Crippen LogP) is 1.16. The first-order chi connectivity index (χ1) is 8.43. The zero-order valence-electron chi connectivity index (χ0n) is 10.4. The van der Waals surface area contributed by atoms with Gasteiger partial charge in [-0.25, -0.2) is 4.39 Å². The van der Waals surface area contributed by atoms with Crippen LogP contribution in [0.4, 0.5) is 4.39 Å². The Kier molecular flexibility index (Phi) is 5.53. The molecule has 1 unspecified atom stereocenters. The van der Waals surface area contributed by atoms with Crippen molar-refractivity contribution >= 4 is 17.5 Å². The lowest BCUT2D eigenvalue weighted by Gasteiger charge is -2.19. The number of hydrogen-bond donors (Lipinski definition) is 2. The minimum Gasteiger partial charge on any atom is -0.368 e. The molecule has 0 saturated carbocycles. The summed E-state index contributed by atoms with van der Waals surface area (Å²) in [4.78, 5) is 13.3. The van der Waals surface area contributed by atoms with Crippen molar-refractivity contribution in [2.75, 3.05) is 27.2 Å². The molecule has 0 aliphatic carbocycles. The van der Waals surface area contributed by atoms with Crippen molar-refractivity contribution < 1.29 is 9.18 Å². The van der Waals surface area contributed by atoms with E-state index in [1.54, 1.807) is 0 Å². The number of likely N-dealkylation sites (N-methyl/N-ethyl adjacent to an activating group) is 1. The highest BCUT2D eigenvalue weighted by Gasteiger charge is 2.23. The molecule has 0 spiro atoms. The van der Waals surface area contributed by atoms with Gasteiger partial charge in [-0.15, -0.1) is 0 Å². The second-order valence-electron chi connectivity index (χ2n) is 4.23. The van der Waals surface area contributed by atoms with Gasteiger partial charge in [0.1, 0.15) is 11.9 Å². The molecule has 0 aromatic heterocycles. The number of benzene rings is 1. The maximum absolute atomic E-state index is 13.7. The first-order valence-electron chi connectivity index (χ1n) is 5.55. The Hall–Kier alpha value is -1.17. The second-order valence-corrected chi connectivity index (χ2v) is 4.64. The molecule has 0 radical (unpaired) electrons. The Morgan fingerprint density at radius 3 is 2.72 bits per heavy atom. The number of amides is 1. The molecule has 0 aliphatic rings. The maximum atomic E-state index is 13.7. The van der Waals surface area contributed by atoms with E-state index in [0.717, 1.165) is 0 Å². The molecule has 100 valence electrons. The highest BCUT2D eigenvalue weighted by Crippen LogP contribution is 2.25. The minimum absolute atomic E-state index is 0.102. The lowest BCUT2D eigenvalue weighted by atomic mass is 10.1. The third-order valence-electron chi connectivity index (χ3n) is 2.48. The average molecular weight is 274 g/mol. The molecular formula is C12H17ClFN3O. The van der Waals surface area contributed by atoms with Crippen LogP contribution < -0.4 is 11.1 Å². The zero-order valence-corrected chi connectivity index (χ0v) is 11.2. The molecule has 1 atom stereocenters. The SMILES string of the molecule is CN(C)CCNC(C(N)=O)c1c(F)cccc1Cl. The van der Waals surface area contributed by atoms with Gasteiger partial charge in [0.2, 0.25) is 5.91 Å². The fourth-order valence-electron chi connectivity index (χ4n) is 1.56. The molecular weight excluding hydrogens is 257 g/mol. The van der Waals surface area contributed by atoms with Gasteiger partial charge in [0.05, 0.1) is 0 Å². The third-order valence-corrected chi connectivity index (χ3v) is 2.81. The molecule has 6 heteroatoms. The summed E-state index contributed by atoms with van der Waals surface area (Å²) in [6.07, 6.45) is 0. The van der Waals surface area contributed by atoms with Gasteiger partial charge >= 0.3 is 0 Å². The predicted molar refractivity (Wildman–Crippen MR) is 69.9 cm³/mol. The summed E-state index contributed by atoms with van der Waals surface area (Å²) in [5, 5.41) is 3.10. The van der Waals surface area contributed by atoms with Gasteiger partial charge in [-0.05, 0) is 26.2 Å². The lowest BCUT2D eigenvalue weighted by Crippen LogP contribution is -2.37. The molecule has 0 bridgehead atoms. The Balaban J connectivity index is 2.88. The van der Waals surface area contributed by atoms with Crippen molar-refractivity contribution in [3.63, 3.8) is 0 Å². The number of hydrogen-bond acceptors (Lipinski definition) is 3. The summed E-state index contributed by atoms with van der Waals surface area (Å²) in [5.74, 6) is -1.19.